The molecule has 8 heteroatoms. The Balaban J connectivity index is 1.75. The maximum absolute atomic E-state index is 5.68. The summed E-state index contributed by atoms with van der Waals surface area (Å²) in [6.45, 7) is 4.57. The first-order chi connectivity index (χ1) is 14.5. The van der Waals surface area contributed by atoms with Crippen LogP contribution < -0.4 is 11.1 Å². The van der Waals surface area contributed by atoms with Crippen LogP contribution in [0.2, 0.25) is 0 Å². The fourth-order valence-corrected chi connectivity index (χ4v) is 3.20. The molecule has 1 aromatic carbocycles. The molecule has 0 spiro atoms. The molecule has 0 aliphatic heterocycles. The van der Waals surface area contributed by atoms with E-state index in [-0.39, 0.29) is 0 Å². The summed E-state index contributed by atoms with van der Waals surface area (Å²) in [5, 5.41) is 11.8. The maximum Gasteiger partial charge on any atom is 0.161 e. The van der Waals surface area contributed by atoms with Crippen molar-refractivity contribution in [3.63, 3.8) is 0 Å². The van der Waals surface area contributed by atoms with Crippen molar-refractivity contribution in [2.45, 2.75) is 6.42 Å². The molecule has 0 saturated carbocycles. The summed E-state index contributed by atoms with van der Waals surface area (Å²) in [4.78, 5) is 9.43. The minimum atomic E-state index is 0.513. The second-order valence-electron chi connectivity index (χ2n) is 7.11. The quantitative estimate of drug-likeness (QED) is 0.494. The molecule has 0 aliphatic rings. The molecule has 152 valence electrons. The number of hydrogen-bond acceptors (Lipinski definition) is 6. The van der Waals surface area contributed by atoms with Crippen molar-refractivity contribution in [1.82, 2.24) is 29.5 Å². The predicted molar refractivity (Wildman–Crippen MR) is 118 cm³/mol. The topological polar surface area (TPSA) is 99.5 Å². The number of nitrogens with zero attached hydrogens (tertiary/aromatic N) is 6. The van der Waals surface area contributed by atoms with Gasteiger partial charge in [-0.25, -0.2) is 9.97 Å². The number of anilines is 1. The van der Waals surface area contributed by atoms with Gasteiger partial charge in [-0.1, -0.05) is 24.8 Å². The maximum atomic E-state index is 5.68. The Morgan fingerprint density at radius 3 is 2.37 bits per heavy atom. The molecule has 3 aromatic heterocycles. The van der Waals surface area contributed by atoms with Gasteiger partial charge in [-0.15, -0.1) is 0 Å². The largest absolute Gasteiger partial charge is 0.344 e. The molecular weight excluding hydrogens is 376 g/mol. The number of rotatable bonds is 7. The Labute approximate surface area is 175 Å². The highest BCUT2D eigenvalue weighted by atomic mass is 15.2. The van der Waals surface area contributed by atoms with Gasteiger partial charge in [0.2, 0.25) is 0 Å². The molecule has 3 heterocycles. The Kier molecular flexibility index (Phi) is 5.40. The van der Waals surface area contributed by atoms with E-state index in [4.69, 9.17) is 10.7 Å². The van der Waals surface area contributed by atoms with Crippen molar-refractivity contribution in [3.8, 4) is 33.6 Å². The Bertz CT molecular complexity index is 1190. The van der Waals surface area contributed by atoms with Crippen LogP contribution in [0.1, 0.15) is 6.42 Å². The van der Waals surface area contributed by atoms with Crippen LogP contribution in [0.3, 0.4) is 0 Å². The van der Waals surface area contributed by atoms with E-state index in [1.807, 2.05) is 57.1 Å². The van der Waals surface area contributed by atoms with E-state index < -0.39 is 0 Å². The molecule has 0 aliphatic carbocycles. The molecule has 0 atom stereocenters. The molecule has 0 unspecified atom stereocenters. The normalized spacial score (nSPS) is 10.9. The van der Waals surface area contributed by atoms with Crippen LogP contribution in [0, 0.1) is 0 Å². The van der Waals surface area contributed by atoms with Crippen LogP contribution >= 0.6 is 0 Å². The molecule has 4 rings (SSSR count). The third kappa shape index (κ3) is 4.13. The molecule has 0 saturated heterocycles. The fraction of sp³-hybridized carbons (Fsp3) is 0.182. The molecule has 3 N–H and O–H groups in total. The zero-order chi connectivity index (χ0) is 21.1. The van der Waals surface area contributed by atoms with Gasteiger partial charge >= 0.3 is 0 Å². The molecule has 0 radical (unpaired) electrons. The average Bonchev–Trinajstić information content (AvgIpc) is 3.36. The van der Waals surface area contributed by atoms with Crippen LogP contribution in [-0.2, 0) is 14.1 Å². The van der Waals surface area contributed by atoms with Gasteiger partial charge < -0.3 is 11.1 Å². The Morgan fingerprint density at radius 2 is 1.70 bits per heavy atom. The summed E-state index contributed by atoms with van der Waals surface area (Å²) in [7, 11) is 3.78. The third-order valence-electron chi connectivity index (χ3n) is 4.70. The van der Waals surface area contributed by atoms with E-state index in [1.54, 1.807) is 15.6 Å². The zero-order valence-electron chi connectivity index (χ0n) is 17.1. The predicted octanol–water partition coefficient (Wildman–Crippen LogP) is 3.22. The van der Waals surface area contributed by atoms with Crippen LogP contribution in [0.4, 0.5) is 5.82 Å². The summed E-state index contributed by atoms with van der Waals surface area (Å²) in [6, 6.07) is 8.11. The molecule has 30 heavy (non-hydrogen) atoms. The number of hydrogen-bond donors (Lipinski definition) is 2. The van der Waals surface area contributed by atoms with Crippen molar-refractivity contribution >= 4 is 5.82 Å². The highest BCUT2D eigenvalue weighted by Crippen LogP contribution is 2.30. The first kappa shape index (κ1) is 19.5. The van der Waals surface area contributed by atoms with E-state index in [0.29, 0.717) is 24.6 Å². The molecule has 0 amide bonds. The summed E-state index contributed by atoms with van der Waals surface area (Å²) in [5.41, 5.74) is 11.3. The van der Waals surface area contributed by atoms with Gasteiger partial charge in [0.1, 0.15) is 5.82 Å². The third-order valence-corrected chi connectivity index (χ3v) is 4.70. The molecular formula is C22H24N8. The Hall–Kier alpha value is -3.78. The number of aromatic nitrogens is 6. The number of benzene rings is 1. The van der Waals surface area contributed by atoms with E-state index in [1.165, 1.54) is 0 Å². The van der Waals surface area contributed by atoms with Crippen LogP contribution in [0.25, 0.3) is 33.6 Å². The highest BCUT2D eigenvalue weighted by molar-refractivity contribution is 5.77. The van der Waals surface area contributed by atoms with E-state index in [0.717, 1.165) is 33.5 Å². The monoisotopic (exact) mass is 400 g/mol. The summed E-state index contributed by atoms with van der Waals surface area (Å²) in [5.74, 6) is 1.30. The standard InChI is InChI=1S/C22H24N8/c1-15(7-8-23)27-22-20(19-11-26-30(3)14-19)12-24-21(28-22)17-6-4-5-16(9-17)18-10-25-29(2)13-18/h4-6,9-14H,1,7-8,23H2,2-3H3,(H,24,27,28). The first-order valence-electron chi connectivity index (χ1n) is 9.64. The SMILES string of the molecule is C=C(CCN)Nc1nc(-c2cccc(-c3cnn(C)c3)c2)ncc1-c1cnn(C)c1. The van der Waals surface area contributed by atoms with Crippen LogP contribution in [0.5, 0.6) is 0 Å². The van der Waals surface area contributed by atoms with Crippen molar-refractivity contribution in [2.75, 3.05) is 11.9 Å². The summed E-state index contributed by atoms with van der Waals surface area (Å²) in [6.07, 6.45) is 10.0. The lowest BCUT2D eigenvalue weighted by atomic mass is 10.1. The molecule has 8 nitrogen and oxygen atoms in total. The van der Waals surface area contributed by atoms with Gasteiger partial charge in [-0.3, -0.25) is 9.36 Å². The van der Waals surface area contributed by atoms with Crippen molar-refractivity contribution in [1.29, 1.82) is 0 Å². The fourth-order valence-electron chi connectivity index (χ4n) is 3.20. The van der Waals surface area contributed by atoms with Gasteiger partial charge in [-0.2, -0.15) is 10.2 Å². The van der Waals surface area contributed by atoms with E-state index >= 15 is 0 Å². The highest BCUT2D eigenvalue weighted by Gasteiger charge is 2.13. The second-order valence-corrected chi connectivity index (χ2v) is 7.11. The zero-order valence-corrected chi connectivity index (χ0v) is 17.1. The van der Waals surface area contributed by atoms with Crippen molar-refractivity contribution < 1.29 is 0 Å². The van der Waals surface area contributed by atoms with Crippen molar-refractivity contribution in [3.05, 3.63) is 67.5 Å². The van der Waals surface area contributed by atoms with Gasteiger partial charge in [0.15, 0.2) is 5.82 Å². The van der Waals surface area contributed by atoms with Gasteiger partial charge in [0.25, 0.3) is 0 Å². The molecule has 4 aromatic rings. The van der Waals surface area contributed by atoms with Gasteiger partial charge in [0, 0.05) is 60.6 Å². The second kappa shape index (κ2) is 8.30. The van der Waals surface area contributed by atoms with Crippen LogP contribution in [-0.4, -0.2) is 36.1 Å². The summed E-state index contributed by atoms with van der Waals surface area (Å²) < 4.78 is 3.53. The van der Waals surface area contributed by atoms with E-state index in [9.17, 15) is 0 Å². The number of nitrogens with one attached hydrogen (secondary N) is 1. The average molecular weight is 400 g/mol. The number of nitrogens with two attached hydrogens (primary N) is 1. The van der Waals surface area contributed by atoms with Gasteiger partial charge in [0.05, 0.1) is 12.4 Å². The van der Waals surface area contributed by atoms with Gasteiger partial charge in [-0.05, 0) is 24.6 Å². The molecule has 0 bridgehead atoms. The van der Waals surface area contributed by atoms with E-state index in [2.05, 4.69) is 33.1 Å². The number of aryl methyl sites for hydroxylation is 2. The lowest BCUT2D eigenvalue weighted by Gasteiger charge is -2.13. The minimum absolute atomic E-state index is 0.513. The Morgan fingerprint density at radius 1 is 1.00 bits per heavy atom. The smallest absolute Gasteiger partial charge is 0.161 e. The minimum Gasteiger partial charge on any atom is -0.344 e. The molecule has 0 fully saturated rings. The van der Waals surface area contributed by atoms with Crippen molar-refractivity contribution in [2.24, 2.45) is 19.8 Å². The lowest BCUT2D eigenvalue weighted by molar-refractivity contribution is 0.768. The van der Waals surface area contributed by atoms with Crippen LogP contribution in [0.15, 0.2) is 67.5 Å². The lowest BCUT2D eigenvalue weighted by Crippen LogP contribution is -2.08. The summed E-state index contributed by atoms with van der Waals surface area (Å²) >= 11 is 0. The first-order valence-corrected chi connectivity index (χ1v) is 9.64.